The smallest absolute Gasteiger partial charge is 0.0608 e. The number of rotatable bonds is 2. The summed E-state index contributed by atoms with van der Waals surface area (Å²) in [6.45, 7) is 0. The van der Waals surface area contributed by atoms with Gasteiger partial charge in [0.05, 0.1) is 3.92 Å². The van der Waals surface area contributed by atoms with Crippen LogP contribution in [0.3, 0.4) is 0 Å². The van der Waals surface area contributed by atoms with Gasteiger partial charge in [-0.3, -0.25) is 0 Å². The Labute approximate surface area is 108 Å². The average Bonchev–Trinajstić information content (AvgIpc) is 2.30. The summed E-state index contributed by atoms with van der Waals surface area (Å²) in [4.78, 5) is 0. The molecule has 0 spiro atoms. The molecule has 0 aromatic heterocycles. The lowest BCUT2D eigenvalue weighted by Crippen LogP contribution is -1.91. The molecule has 0 nitrogen and oxygen atoms in total. The van der Waals surface area contributed by atoms with Crippen molar-refractivity contribution < 1.29 is 0 Å². The first kappa shape index (κ1) is 11.0. The highest BCUT2D eigenvalue weighted by molar-refractivity contribution is 14.1. The van der Waals surface area contributed by atoms with Gasteiger partial charge in [0.1, 0.15) is 0 Å². The number of hydrogen-bond donors (Lipinski definition) is 0. The van der Waals surface area contributed by atoms with Gasteiger partial charge in [-0.15, -0.1) is 0 Å². The van der Waals surface area contributed by atoms with Crippen molar-refractivity contribution in [2.45, 2.75) is 3.92 Å². The molecule has 0 heterocycles. The van der Waals surface area contributed by atoms with E-state index in [2.05, 4.69) is 59.0 Å². The summed E-state index contributed by atoms with van der Waals surface area (Å²) in [6, 6.07) is 18.5. The fourth-order valence-electron chi connectivity index (χ4n) is 1.45. The van der Waals surface area contributed by atoms with Crippen LogP contribution < -0.4 is 0 Å². The molecule has 0 N–H and O–H groups in total. The van der Waals surface area contributed by atoms with E-state index in [1.165, 1.54) is 11.1 Å². The standard InChI is InChI=1S/C13H10ClI/c14-12-8-6-11(7-9-12)13(15)10-4-2-1-3-5-10/h1-9,13H. The summed E-state index contributed by atoms with van der Waals surface area (Å²) < 4.78 is 0.390. The Balaban J connectivity index is 2.29. The van der Waals surface area contributed by atoms with E-state index in [9.17, 15) is 0 Å². The van der Waals surface area contributed by atoms with Crippen molar-refractivity contribution in [3.05, 3.63) is 70.7 Å². The van der Waals surface area contributed by atoms with Gasteiger partial charge in [0.2, 0.25) is 0 Å². The lowest BCUT2D eigenvalue weighted by atomic mass is 10.1. The van der Waals surface area contributed by atoms with Crippen molar-refractivity contribution in [3.8, 4) is 0 Å². The topological polar surface area (TPSA) is 0 Å². The zero-order valence-corrected chi connectivity index (χ0v) is 10.9. The second-order valence-corrected chi connectivity index (χ2v) is 5.01. The predicted molar refractivity (Wildman–Crippen MR) is 73.8 cm³/mol. The van der Waals surface area contributed by atoms with Crippen molar-refractivity contribution in [3.63, 3.8) is 0 Å². The maximum absolute atomic E-state index is 5.86. The van der Waals surface area contributed by atoms with Crippen LogP contribution >= 0.6 is 34.2 Å². The van der Waals surface area contributed by atoms with Gasteiger partial charge in [0.15, 0.2) is 0 Å². The Kier molecular flexibility index (Phi) is 3.65. The third-order valence-corrected chi connectivity index (χ3v) is 3.95. The highest BCUT2D eigenvalue weighted by Crippen LogP contribution is 2.31. The second-order valence-electron chi connectivity index (χ2n) is 3.32. The number of hydrogen-bond acceptors (Lipinski definition) is 0. The van der Waals surface area contributed by atoms with Gasteiger partial charge >= 0.3 is 0 Å². The van der Waals surface area contributed by atoms with Crippen molar-refractivity contribution >= 4 is 34.2 Å². The Bertz CT molecular complexity index is 422. The molecule has 0 bridgehead atoms. The average molecular weight is 329 g/mol. The summed E-state index contributed by atoms with van der Waals surface area (Å²) in [7, 11) is 0. The molecule has 0 saturated carbocycles. The van der Waals surface area contributed by atoms with Crippen LogP contribution in [0, 0.1) is 0 Å². The third-order valence-electron chi connectivity index (χ3n) is 2.25. The molecule has 0 saturated heterocycles. The van der Waals surface area contributed by atoms with E-state index in [0.29, 0.717) is 3.92 Å². The van der Waals surface area contributed by atoms with Gasteiger partial charge in [0, 0.05) is 5.02 Å². The van der Waals surface area contributed by atoms with Crippen molar-refractivity contribution in [2.75, 3.05) is 0 Å². The largest absolute Gasteiger partial charge is 0.0843 e. The Hall–Kier alpha value is -0.540. The molecule has 2 aromatic rings. The minimum atomic E-state index is 0.390. The molecule has 2 heteroatoms. The number of alkyl halides is 1. The normalized spacial score (nSPS) is 12.4. The molecule has 2 aromatic carbocycles. The van der Waals surface area contributed by atoms with Gasteiger partial charge in [-0.1, -0.05) is 76.7 Å². The van der Waals surface area contributed by atoms with Crippen LogP contribution in [0.5, 0.6) is 0 Å². The van der Waals surface area contributed by atoms with Crippen molar-refractivity contribution in [1.29, 1.82) is 0 Å². The highest BCUT2D eigenvalue weighted by Gasteiger charge is 2.08. The van der Waals surface area contributed by atoms with Gasteiger partial charge in [0.25, 0.3) is 0 Å². The summed E-state index contributed by atoms with van der Waals surface area (Å²) in [5.74, 6) is 0. The number of benzene rings is 2. The predicted octanol–water partition coefficient (Wildman–Crippen LogP) is 4.86. The summed E-state index contributed by atoms with van der Waals surface area (Å²) >= 11 is 8.30. The van der Waals surface area contributed by atoms with Crippen LogP contribution in [-0.2, 0) is 0 Å². The fourth-order valence-corrected chi connectivity index (χ4v) is 2.40. The summed E-state index contributed by atoms with van der Waals surface area (Å²) in [5, 5.41) is 0.787. The molecule has 0 aliphatic rings. The minimum Gasteiger partial charge on any atom is -0.0843 e. The van der Waals surface area contributed by atoms with Gasteiger partial charge in [-0.05, 0) is 23.3 Å². The quantitative estimate of drug-likeness (QED) is 0.545. The van der Waals surface area contributed by atoms with E-state index in [1.54, 1.807) is 0 Å². The lowest BCUT2D eigenvalue weighted by molar-refractivity contribution is 1.20. The molecule has 1 unspecified atom stereocenters. The van der Waals surface area contributed by atoms with Gasteiger partial charge in [-0.25, -0.2) is 0 Å². The monoisotopic (exact) mass is 328 g/mol. The summed E-state index contributed by atoms with van der Waals surface area (Å²) in [6.07, 6.45) is 0. The molecule has 1 atom stereocenters. The lowest BCUT2D eigenvalue weighted by Gasteiger charge is -2.10. The van der Waals surface area contributed by atoms with Crippen molar-refractivity contribution in [2.24, 2.45) is 0 Å². The molecular weight excluding hydrogens is 319 g/mol. The van der Waals surface area contributed by atoms with Gasteiger partial charge < -0.3 is 0 Å². The minimum absolute atomic E-state index is 0.390. The molecule has 0 fully saturated rings. The van der Waals surface area contributed by atoms with E-state index in [-0.39, 0.29) is 0 Å². The van der Waals surface area contributed by atoms with Crippen LogP contribution in [0.4, 0.5) is 0 Å². The summed E-state index contributed by atoms with van der Waals surface area (Å²) in [5.41, 5.74) is 2.60. The Morgan fingerprint density at radius 1 is 0.800 bits per heavy atom. The van der Waals surface area contributed by atoms with Crippen LogP contribution in [0.15, 0.2) is 54.6 Å². The van der Waals surface area contributed by atoms with Crippen LogP contribution in [0.25, 0.3) is 0 Å². The molecular formula is C13H10ClI. The maximum atomic E-state index is 5.86. The van der Waals surface area contributed by atoms with Crippen LogP contribution in [0.2, 0.25) is 5.02 Å². The number of halogens is 2. The van der Waals surface area contributed by atoms with E-state index in [0.717, 1.165) is 5.02 Å². The fraction of sp³-hybridized carbons (Fsp3) is 0.0769. The first-order chi connectivity index (χ1) is 7.27. The molecule has 76 valence electrons. The first-order valence-corrected chi connectivity index (χ1v) is 6.34. The molecule has 0 amide bonds. The Morgan fingerprint density at radius 2 is 1.33 bits per heavy atom. The van der Waals surface area contributed by atoms with Gasteiger partial charge in [-0.2, -0.15) is 0 Å². The molecule has 2 rings (SSSR count). The SMILES string of the molecule is Clc1ccc(C(I)c2ccccc2)cc1. The zero-order valence-electron chi connectivity index (χ0n) is 8.03. The third kappa shape index (κ3) is 2.73. The molecule has 0 aliphatic carbocycles. The Morgan fingerprint density at radius 3 is 1.93 bits per heavy atom. The van der Waals surface area contributed by atoms with Crippen LogP contribution in [0.1, 0.15) is 15.1 Å². The molecule has 0 radical (unpaired) electrons. The molecule has 0 aliphatic heterocycles. The maximum Gasteiger partial charge on any atom is 0.0608 e. The first-order valence-electron chi connectivity index (χ1n) is 4.72. The van der Waals surface area contributed by atoms with E-state index in [1.807, 2.05) is 18.2 Å². The zero-order chi connectivity index (χ0) is 10.7. The highest BCUT2D eigenvalue weighted by atomic mass is 127. The van der Waals surface area contributed by atoms with Crippen LogP contribution in [-0.4, -0.2) is 0 Å². The molecule has 15 heavy (non-hydrogen) atoms. The second kappa shape index (κ2) is 4.99. The van der Waals surface area contributed by atoms with E-state index < -0.39 is 0 Å². The van der Waals surface area contributed by atoms with Crippen molar-refractivity contribution in [1.82, 2.24) is 0 Å². The van der Waals surface area contributed by atoms with E-state index >= 15 is 0 Å². The van der Waals surface area contributed by atoms with E-state index in [4.69, 9.17) is 11.6 Å².